The van der Waals surface area contributed by atoms with Gasteiger partial charge in [0, 0.05) is 11.6 Å². The predicted octanol–water partition coefficient (Wildman–Crippen LogP) is 1.54. The molecule has 1 aromatic rings. The molecule has 140 valence electrons. The van der Waals surface area contributed by atoms with Crippen LogP contribution in [-0.4, -0.2) is 44.3 Å². The molecule has 1 amide bonds. The van der Waals surface area contributed by atoms with Gasteiger partial charge in [0.15, 0.2) is 0 Å². The van der Waals surface area contributed by atoms with E-state index in [0.29, 0.717) is 22.8 Å². The fourth-order valence-electron chi connectivity index (χ4n) is 2.10. The average molecular weight is 370 g/mol. The lowest BCUT2D eigenvalue weighted by Crippen LogP contribution is -2.49. The number of carboxylic acids is 1. The topological polar surface area (TPSA) is 96.9 Å². The van der Waals surface area contributed by atoms with Crippen molar-refractivity contribution in [3.8, 4) is 11.5 Å². The number of hydrogen-bond donors (Lipinski definition) is 1. The summed E-state index contributed by atoms with van der Waals surface area (Å²) in [6.07, 6.45) is 1.28. The summed E-state index contributed by atoms with van der Waals surface area (Å²) < 4.78 is 15.9. The number of alkyl carbamates (subject to hydrolysis) is 1. The summed E-state index contributed by atoms with van der Waals surface area (Å²) in [5.74, 6) is 0.347. The van der Waals surface area contributed by atoms with Crippen molar-refractivity contribution in [3.63, 3.8) is 0 Å². The van der Waals surface area contributed by atoms with Crippen LogP contribution in [0.2, 0.25) is 0 Å². The zero-order chi connectivity index (χ0) is 19.0. The van der Waals surface area contributed by atoms with Crippen LogP contribution in [0, 0.1) is 0 Å². The predicted molar refractivity (Wildman–Crippen MR) is 94.0 cm³/mol. The third-order valence-corrected chi connectivity index (χ3v) is 4.23. The van der Waals surface area contributed by atoms with Gasteiger partial charge in [-0.05, 0) is 44.4 Å². The molecule has 8 heteroatoms. The van der Waals surface area contributed by atoms with Crippen LogP contribution < -0.4 is 19.9 Å². The maximum atomic E-state index is 12.1. The number of carboxylic acid groups (broad SMARTS) is 1. The smallest absolute Gasteiger partial charge is 0.408 e. The molecular weight excluding hydrogens is 346 g/mol. The van der Waals surface area contributed by atoms with Crippen molar-refractivity contribution < 1.29 is 28.9 Å². The monoisotopic (exact) mass is 370 g/mol. The SMILES string of the molecule is COc1cc(OC)cc(C(C)(C)OC(=O)N[C@@H](CCSC)C(=O)[O-])c1. The van der Waals surface area contributed by atoms with Crippen molar-refractivity contribution in [2.75, 3.05) is 26.2 Å². The zero-order valence-electron chi connectivity index (χ0n) is 15.1. The van der Waals surface area contributed by atoms with E-state index in [0.717, 1.165) is 0 Å². The van der Waals surface area contributed by atoms with Crippen LogP contribution in [0.4, 0.5) is 4.79 Å². The molecule has 0 aliphatic heterocycles. The number of hydrogen-bond acceptors (Lipinski definition) is 7. The quantitative estimate of drug-likeness (QED) is 0.704. The van der Waals surface area contributed by atoms with Crippen molar-refractivity contribution in [2.24, 2.45) is 0 Å². The molecule has 0 unspecified atom stereocenters. The summed E-state index contributed by atoms with van der Waals surface area (Å²) in [6, 6.07) is 4.05. The van der Waals surface area contributed by atoms with Crippen molar-refractivity contribution in [1.29, 1.82) is 0 Å². The van der Waals surface area contributed by atoms with Gasteiger partial charge in [-0.15, -0.1) is 0 Å². The average Bonchev–Trinajstić information content (AvgIpc) is 2.57. The molecule has 0 aliphatic rings. The summed E-state index contributed by atoms with van der Waals surface area (Å²) in [6.45, 7) is 3.38. The van der Waals surface area contributed by atoms with Gasteiger partial charge in [0.05, 0.1) is 26.2 Å². The first-order valence-electron chi connectivity index (χ1n) is 7.66. The standard InChI is InChI=1S/C17H25NO6S/c1-17(2,11-8-12(22-3)10-13(9-11)23-4)24-16(21)18-14(15(19)20)6-7-25-5/h8-10,14H,6-7H2,1-5H3,(H,18,21)(H,19,20)/p-1/t14-/m0/s1. The Balaban J connectivity index is 2.88. The van der Waals surface area contributed by atoms with Gasteiger partial charge >= 0.3 is 6.09 Å². The Hall–Kier alpha value is -2.09. The van der Waals surface area contributed by atoms with E-state index in [1.165, 1.54) is 26.0 Å². The van der Waals surface area contributed by atoms with Crippen LogP contribution >= 0.6 is 11.8 Å². The van der Waals surface area contributed by atoms with Gasteiger partial charge in [-0.3, -0.25) is 0 Å². The molecule has 25 heavy (non-hydrogen) atoms. The molecule has 7 nitrogen and oxygen atoms in total. The minimum atomic E-state index is -1.34. The first-order chi connectivity index (χ1) is 11.7. The number of thioether (sulfide) groups is 1. The van der Waals surface area contributed by atoms with Gasteiger partial charge in [0.25, 0.3) is 0 Å². The van der Waals surface area contributed by atoms with Gasteiger partial charge < -0.3 is 29.4 Å². The van der Waals surface area contributed by atoms with E-state index in [9.17, 15) is 14.7 Å². The normalized spacial score (nSPS) is 12.2. The van der Waals surface area contributed by atoms with E-state index < -0.39 is 23.7 Å². The zero-order valence-corrected chi connectivity index (χ0v) is 15.9. The molecule has 1 aromatic carbocycles. The van der Waals surface area contributed by atoms with Crippen molar-refractivity contribution in [2.45, 2.75) is 31.9 Å². The third kappa shape index (κ3) is 6.38. The number of rotatable bonds is 9. The first-order valence-corrected chi connectivity index (χ1v) is 9.05. The van der Waals surface area contributed by atoms with Crippen LogP contribution in [-0.2, 0) is 15.1 Å². The van der Waals surface area contributed by atoms with E-state index >= 15 is 0 Å². The van der Waals surface area contributed by atoms with E-state index in [1.54, 1.807) is 32.0 Å². The minimum Gasteiger partial charge on any atom is -0.548 e. The maximum absolute atomic E-state index is 12.1. The van der Waals surface area contributed by atoms with Crippen LogP contribution in [0.3, 0.4) is 0 Å². The van der Waals surface area contributed by atoms with Crippen LogP contribution in [0.5, 0.6) is 11.5 Å². The molecule has 0 saturated carbocycles. The number of amides is 1. The molecule has 1 atom stereocenters. The van der Waals surface area contributed by atoms with Gasteiger partial charge in [0.1, 0.15) is 17.1 Å². The fourth-order valence-corrected chi connectivity index (χ4v) is 2.57. The summed E-state index contributed by atoms with van der Waals surface area (Å²) in [7, 11) is 3.05. The Labute approximate surface area is 152 Å². The number of ether oxygens (including phenoxy) is 3. The first kappa shape index (κ1) is 21.0. The number of aliphatic carboxylic acids is 1. The summed E-state index contributed by atoms with van der Waals surface area (Å²) in [5, 5.41) is 13.5. The lowest BCUT2D eigenvalue weighted by molar-refractivity contribution is -0.308. The molecule has 0 aliphatic carbocycles. The summed E-state index contributed by atoms with van der Waals surface area (Å²) >= 11 is 1.48. The molecule has 0 bridgehead atoms. The summed E-state index contributed by atoms with van der Waals surface area (Å²) in [5.41, 5.74) is -0.380. The van der Waals surface area contributed by atoms with E-state index in [1.807, 2.05) is 6.26 Å². The highest BCUT2D eigenvalue weighted by atomic mass is 32.2. The molecular formula is C17H24NO6S-. The number of carbonyl (C=O) groups is 2. The largest absolute Gasteiger partial charge is 0.548 e. The molecule has 0 heterocycles. The number of carbonyl (C=O) groups excluding carboxylic acids is 2. The second kappa shape index (κ2) is 9.41. The lowest BCUT2D eigenvalue weighted by atomic mass is 9.97. The summed E-state index contributed by atoms with van der Waals surface area (Å²) in [4.78, 5) is 23.2. The molecule has 0 spiro atoms. The maximum Gasteiger partial charge on any atom is 0.408 e. The fraction of sp³-hybridized carbons (Fsp3) is 0.529. The third-order valence-electron chi connectivity index (χ3n) is 3.58. The van der Waals surface area contributed by atoms with Crippen LogP contribution in [0.25, 0.3) is 0 Å². The second-order valence-electron chi connectivity index (χ2n) is 5.80. The molecule has 1 N–H and O–H groups in total. The molecule has 0 aromatic heterocycles. The van der Waals surface area contributed by atoms with Crippen LogP contribution in [0.15, 0.2) is 18.2 Å². The van der Waals surface area contributed by atoms with Gasteiger partial charge in [-0.25, -0.2) is 4.79 Å². The van der Waals surface area contributed by atoms with Gasteiger partial charge in [-0.2, -0.15) is 11.8 Å². The highest BCUT2D eigenvalue weighted by molar-refractivity contribution is 7.98. The van der Waals surface area contributed by atoms with Crippen molar-refractivity contribution >= 4 is 23.8 Å². The Kier molecular flexibility index (Phi) is 7.89. The highest BCUT2D eigenvalue weighted by Crippen LogP contribution is 2.32. The minimum absolute atomic E-state index is 0.256. The van der Waals surface area contributed by atoms with Crippen LogP contribution in [0.1, 0.15) is 25.8 Å². The highest BCUT2D eigenvalue weighted by Gasteiger charge is 2.28. The number of nitrogens with one attached hydrogen (secondary N) is 1. The molecule has 0 fully saturated rings. The van der Waals surface area contributed by atoms with E-state index in [-0.39, 0.29) is 6.42 Å². The Morgan fingerprint density at radius 3 is 2.20 bits per heavy atom. The van der Waals surface area contributed by atoms with Crippen molar-refractivity contribution in [3.05, 3.63) is 23.8 Å². The molecule has 0 saturated heterocycles. The lowest BCUT2D eigenvalue weighted by Gasteiger charge is -2.28. The Morgan fingerprint density at radius 1 is 1.20 bits per heavy atom. The van der Waals surface area contributed by atoms with Gasteiger partial charge in [0.2, 0.25) is 0 Å². The van der Waals surface area contributed by atoms with Crippen molar-refractivity contribution in [1.82, 2.24) is 5.32 Å². The molecule has 0 radical (unpaired) electrons. The Morgan fingerprint density at radius 2 is 1.76 bits per heavy atom. The number of methoxy groups -OCH3 is 2. The Bertz CT molecular complexity index is 583. The van der Waals surface area contributed by atoms with E-state index in [4.69, 9.17) is 14.2 Å². The second-order valence-corrected chi connectivity index (χ2v) is 6.78. The number of benzene rings is 1. The molecule has 1 rings (SSSR count). The van der Waals surface area contributed by atoms with E-state index in [2.05, 4.69) is 5.32 Å². The van der Waals surface area contributed by atoms with Gasteiger partial charge in [-0.1, -0.05) is 0 Å².